The molecule has 76 valence electrons. The van der Waals surface area contributed by atoms with Gasteiger partial charge < -0.3 is 14.7 Å². The summed E-state index contributed by atoms with van der Waals surface area (Å²) in [7, 11) is 1.72. The van der Waals surface area contributed by atoms with Gasteiger partial charge in [-0.1, -0.05) is 0 Å². The molecule has 1 rings (SSSR count). The summed E-state index contributed by atoms with van der Waals surface area (Å²) in [6.45, 7) is 3.04. The molecule has 13 heavy (non-hydrogen) atoms. The topological polar surface area (TPSA) is 49.8 Å². The highest BCUT2D eigenvalue weighted by Gasteiger charge is 2.27. The number of hydrogen-bond donors (Lipinski definition) is 1. The van der Waals surface area contributed by atoms with E-state index in [0.29, 0.717) is 13.2 Å². The first kappa shape index (κ1) is 10.5. The van der Waals surface area contributed by atoms with Crippen molar-refractivity contribution in [3.05, 3.63) is 0 Å². The number of rotatable bonds is 3. The maximum Gasteiger partial charge on any atom is 0.228 e. The smallest absolute Gasteiger partial charge is 0.228 e. The molecule has 0 aromatic heterocycles. The number of ether oxygens (including phenoxy) is 1. The third kappa shape index (κ3) is 2.42. The third-order valence-corrected chi connectivity index (χ3v) is 2.55. The molecule has 0 bridgehead atoms. The van der Waals surface area contributed by atoms with Crippen LogP contribution < -0.4 is 0 Å². The van der Waals surface area contributed by atoms with Crippen LogP contribution in [0.5, 0.6) is 0 Å². The average Bonchev–Trinajstić information content (AvgIpc) is 2.67. The fraction of sp³-hybridized carbons (Fsp3) is 0.889. The Morgan fingerprint density at radius 1 is 1.77 bits per heavy atom. The van der Waals surface area contributed by atoms with Crippen molar-refractivity contribution in [3.63, 3.8) is 0 Å². The molecule has 1 aliphatic rings. The minimum Gasteiger partial charge on any atom is -0.394 e. The van der Waals surface area contributed by atoms with E-state index >= 15 is 0 Å². The summed E-state index contributed by atoms with van der Waals surface area (Å²) in [5.41, 5.74) is 0. The number of carbonyl (C=O) groups is 1. The largest absolute Gasteiger partial charge is 0.394 e. The van der Waals surface area contributed by atoms with E-state index in [2.05, 4.69) is 0 Å². The van der Waals surface area contributed by atoms with Gasteiger partial charge >= 0.3 is 0 Å². The van der Waals surface area contributed by atoms with Crippen LogP contribution in [0.3, 0.4) is 0 Å². The van der Waals surface area contributed by atoms with Gasteiger partial charge in [-0.25, -0.2) is 0 Å². The highest BCUT2D eigenvalue weighted by atomic mass is 16.5. The lowest BCUT2D eigenvalue weighted by Gasteiger charge is -2.25. The maximum absolute atomic E-state index is 11.7. The van der Waals surface area contributed by atoms with Crippen LogP contribution >= 0.6 is 0 Å². The zero-order valence-corrected chi connectivity index (χ0v) is 8.19. The Labute approximate surface area is 78.5 Å². The highest BCUT2D eigenvalue weighted by Crippen LogP contribution is 2.15. The second-order valence-corrected chi connectivity index (χ2v) is 3.54. The fourth-order valence-corrected chi connectivity index (χ4v) is 1.36. The summed E-state index contributed by atoms with van der Waals surface area (Å²) in [6, 6.07) is -0.104. The van der Waals surface area contributed by atoms with E-state index < -0.39 is 0 Å². The number of hydrogen-bond acceptors (Lipinski definition) is 3. The molecule has 0 radical (unpaired) electrons. The molecule has 0 aliphatic carbocycles. The Morgan fingerprint density at radius 3 is 2.92 bits per heavy atom. The standard InChI is InChI=1S/C9H17NO3/c1-7(5-11)10(2)9(12)8-3-4-13-6-8/h7-8,11H,3-6H2,1-2H3. The van der Waals surface area contributed by atoms with Crippen molar-refractivity contribution < 1.29 is 14.6 Å². The van der Waals surface area contributed by atoms with Crippen molar-refractivity contribution >= 4 is 5.91 Å². The fourth-order valence-electron chi connectivity index (χ4n) is 1.36. The molecule has 4 nitrogen and oxygen atoms in total. The Hall–Kier alpha value is -0.610. The Morgan fingerprint density at radius 2 is 2.46 bits per heavy atom. The average molecular weight is 187 g/mol. The maximum atomic E-state index is 11.7. The van der Waals surface area contributed by atoms with Crippen molar-refractivity contribution in [1.29, 1.82) is 0 Å². The zero-order chi connectivity index (χ0) is 9.84. The van der Waals surface area contributed by atoms with E-state index in [9.17, 15) is 4.79 Å². The van der Waals surface area contributed by atoms with Gasteiger partial charge in [0.1, 0.15) is 0 Å². The minimum atomic E-state index is -0.104. The minimum absolute atomic E-state index is 0.000926. The molecule has 2 atom stereocenters. The molecule has 0 spiro atoms. The van der Waals surface area contributed by atoms with Crippen LogP contribution in [0.1, 0.15) is 13.3 Å². The second-order valence-electron chi connectivity index (χ2n) is 3.54. The first-order chi connectivity index (χ1) is 6.16. The van der Waals surface area contributed by atoms with E-state index in [1.807, 2.05) is 6.92 Å². The van der Waals surface area contributed by atoms with E-state index in [-0.39, 0.29) is 24.5 Å². The van der Waals surface area contributed by atoms with Crippen molar-refractivity contribution in [2.24, 2.45) is 5.92 Å². The van der Waals surface area contributed by atoms with Gasteiger partial charge in [-0.3, -0.25) is 4.79 Å². The van der Waals surface area contributed by atoms with Gasteiger partial charge in [0.15, 0.2) is 0 Å². The number of nitrogens with zero attached hydrogens (tertiary/aromatic N) is 1. The summed E-state index contributed by atoms with van der Waals surface area (Å²) >= 11 is 0. The number of carbonyl (C=O) groups excluding carboxylic acids is 1. The van der Waals surface area contributed by atoms with Gasteiger partial charge in [0.2, 0.25) is 5.91 Å². The summed E-state index contributed by atoms with van der Waals surface area (Å²) in [4.78, 5) is 13.3. The number of aliphatic hydroxyl groups excluding tert-OH is 1. The molecular formula is C9H17NO3. The molecule has 1 saturated heterocycles. The quantitative estimate of drug-likeness (QED) is 0.669. The molecule has 4 heteroatoms. The van der Waals surface area contributed by atoms with Crippen LogP contribution in [0.15, 0.2) is 0 Å². The number of amides is 1. The molecule has 0 saturated carbocycles. The molecule has 1 fully saturated rings. The van der Waals surface area contributed by atoms with Gasteiger partial charge in [0.05, 0.1) is 25.2 Å². The predicted molar refractivity (Wildman–Crippen MR) is 48.2 cm³/mol. The normalized spacial score (nSPS) is 24.4. The van der Waals surface area contributed by atoms with Gasteiger partial charge in [-0.2, -0.15) is 0 Å². The summed E-state index contributed by atoms with van der Waals surface area (Å²) in [6.07, 6.45) is 0.807. The van der Waals surface area contributed by atoms with E-state index in [1.165, 1.54) is 0 Å². The van der Waals surface area contributed by atoms with Gasteiger partial charge in [-0.05, 0) is 13.3 Å². The Kier molecular flexibility index (Phi) is 3.69. The molecule has 0 aromatic carbocycles. The lowest BCUT2D eigenvalue weighted by Crippen LogP contribution is -2.41. The highest BCUT2D eigenvalue weighted by molar-refractivity contribution is 5.79. The monoisotopic (exact) mass is 187 g/mol. The van der Waals surface area contributed by atoms with Crippen LogP contribution in [-0.4, -0.2) is 48.8 Å². The Bertz CT molecular complexity index is 178. The van der Waals surface area contributed by atoms with Gasteiger partial charge in [-0.15, -0.1) is 0 Å². The number of aliphatic hydroxyl groups is 1. The zero-order valence-electron chi connectivity index (χ0n) is 8.19. The molecule has 2 unspecified atom stereocenters. The molecule has 1 aliphatic heterocycles. The van der Waals surface area contributed by atoms with Crippen molar-refractivity contribution in [2.75, 3.05) is 26.9 Å². The lowest BCUT2D eigenvalue weighted by atomic mass is 10.1. The summed E-state index contributed by atoms with van der Waals surface area (Å²) < 4.78 is 5.13. The van der Waals surface area contributed by atoms with Gasteiger partial charge in [0, 0.05) is 13.7 Å². The molecule has 1 heterocycles. The van der Waals surface area contributed by atoms with Crippen LogP contribution in [0.4, 0.5) is 0 Å². The van der Waals surface area contributed by atoms with E-state index in [4.69, 9.17) is 9.84 Å². The van der Waals surface area contributed by atoms with Gasteiger partial charge in [0.25, 0.3) is 0 Å². The summed E-state index contributed by atoms with van der Waals surface area (Å²) in [5, 5.41) is 8.87. The van der Waals surface area contributed by atoms with E-state index in [1.54, 1.807) is 11.9 Å². The number of likely N-dealkylation sites (N-methyl/N-ethyl adjacent to an activating group) is 1. The molecule has 0 aromatic rings. The van der Waals surface area contributed by atoms with E-state index in [0.717, 1.165) is 6.42 Å². The van der Waals surface area contributed by atoms with Crippen molar-refractivity contribution in [2.45, 2.75) is 19.4 Å². The van der Waals surface area contributed by atoms with Crippen LogP contribution in [0, 0.1) is 5.92 Å². The van der Waals surface area contributed by atoms with Crippen LogP contribution in [0.2, 0.25) is 0 Å². The molecule has 1 N–H and O–H groups in total. The van der Waals surface area contributed by atoms with Crippen LogP contribution in [-0.2, 0) is 9.53 Å². The SMILES string of the molecule is CC(CO)N(C)C(=O)C1CCOC1. The predicted octanol–water partition coefficient (Wildman–Crippen LogP) is -0.138. The van der Waals surface area contributed by atoms with Crippen molar-refractivity contribution in [1.82, 2.24) is 4.90 Å². The first-order valence-corrected chi connectivity index (χ1v) is 4.62. The summed E-state index contributed by atoms with van der Waals surface area (Å²) in [5.74, 6) is 0.0815. The first-order valence-electron chi connectivity index (χ1n) is 4.62. The lowest BCUT2D eigenvalue weighted by molar-refractivity contribution is -0.136. The molecular weight excluding hydrogens is 170 g/mol. The molecule has 1 amide bonds. The Balaban J connectivity index is 2.45. The van der Waals surface area contributed by atoms with Crippen molar-refractivity contribution in [3.8, 4) is 0 Å². The van der Waals surface area contributed by atoms with Crippen LogP contribution in [0.25, 0.3) is 0 Å². The third-order valence-electron chi connectivity index (χ3n) is 2.55. The second kappa shape index (κ2) is 4.58.